The molecule has 1 aromatic heterocycles. The van der Waals surface area contributed by atoms with Crippen molar-refractivity contribution in [3.05, 3.63) is 46.5 Å². The summed E-state index contributed by atoms with van der Waals surface area (Å²) in [5.74, 6) is 0. The van der Waals surface area contributed by atoms with E-state index in [1.165, 1.54) is 6.33 Å². The van der Waals surface area contributed by atoms with Crippen LogP contribution in [0.4, 0.5) is 0 Å². The monoisotopic (exact) mass is 238 g/mol. The molecule has 4 heteroatoms. The molecule has 0 aliphatic carbocycles. The summed E-state index contributed by atoms with van der Waals surface area (Å²) in [5, 5.41) is 1.23. The molecular formula is C11H8Cl2N2. The zero-order valence-electron chi connectivity index (χ0n) is 8.04. The molecule has 0 bridgehead atoms. The number of rotatable bonds is 1. The van der Waals surface area contributed by atoms with Crippen molar-refractivity contribution in [2.45, 2.75) is 6.92 Å². The lowest BCUT2D eigenvalue weighted by Gasteiger charge is -2.06. The molecule has 0 spiro atoms. The summed E-state index contributed by atoms with van der Waals surface area (Å²) >= 11 is 11.9. The van der Waals surface area contributed by atoms with Crippen LogP contribution in [0.3, 0.4) is 0 Å². The Hall–Kier alpha value is -1.12. The third-order valence-electron chi connectivity index (χ3n) is 2.13. The van der Waals surface area contributed by atoms with Gasteiger partial charge in [0, 0.05) is 33.1 Å². The van der Waals surface area contributed by atoms with Crippen molar-refractivity contribution in [2.75, 3.05) is 0 Å². The summed E-state index contributed by atoms with van der Waals surface area (Å²) in [4.78, 5) is 8.10. The third kappa shape index (κ3) is 2.11. The van der Waals surface area contributed by atoms with E-state index in [1.807, 2.05) is 13.0 Å². The first-order chi connectivity index (χ1) is 7.18. The molecule has 1 heterocycles. The van der Waals surface area contributed by atoms with Crippen LogP contribution in [-0.2, 0) is 0 Å². The number of nitrogens with zero attached hydrogens (tertiary/aromatic N) is 2. The summed E-state index contributed by atoms with van der Waals surface area (Å²) in [6.45, 7) is 1.92. The Morgan fingerprint density at radius 3 is 2.60 bits per heavy atom. The molecule has 0 N–H and O–H groups in total. The molecule has 0 atom stereocenters. The fraction of sp³-hybridized carbons (Fsp3) is 0.0909. The van der Waals surface area contributed by atoms with Gasteiger partial charge in [0.1, 0.15) is 6.33 Å². The molecule has 0 saturated heterocycles. The van der Waals surface area contributed by atoms with Crippen LogP contribution in [0, 0.1) is 6.92 Å². The summed E-state index contributed by atoms with van der Waals surface area (Å²) in [5.41, 5.74) is 2.73. The molecular weight excluding hydrogens is 231 g/mol. The summed E-state index contributed by atoms with van der Waals surface area (Å²) in [6.07, 6.45) is 3.26. The number of benzene rings is 1. The summed E-state index contributed by atoms with van der Waals surface area (Å²) < 4.78 is 0. The first kappa shape index (κ1) is 10.4. The highest BCUT2D eigenvalue weighted by Crippen LogP contribution is 2.30. The quantitative estimate of drug-likeness (QED) is 0.757. The molecule has 0 saturated carbocycles. The fourth-order valence-corrected chi connectivity index (χ4v) is 1.87. The van der Waals surface area contributed by atoms with E-state index in [0.29, 0.717) is 10.0 Å². The van der Waals surface area contributed by atoms with Gasteiger partial charge in [-0.05, 0) is 19.1 Å². The van der Waals surface area contributed by atoms with Crippen LogP contribution in [0.15, 0.2) is 30.7 Å². The Morgan fingerprint density at radius 1 is 1.13 bits per heavy atom. The van der Waals surface area contributed by atoms with Gasteiger partial charge in [0.25, 0.3) is 0 Å². The fourth-order valence-electron chi connectivity index (χ4n) is 1.36. The van der Waals surface area contributed by atoms with Crippen molar-refractivity contribution in [3.8, 4) is 11.1 Å². The molecule has 1 aromatic carbocycles. The maximum atomic E-state index is 6.10. The van der Waals surface area contributed by atoms with E-state index in [9.17, 15) is 0 Å². The maximum absolute atomic E-state index is 6.10. The second-order valence-corrected chi connectivity index (χ2v) is 3.99. The lowest BCUT2D eigenvalue weighted by Crippen LogP contribution is -1.89. The van der Waals surface area contributed by atoms with Crippen molar-refractivity contribution in [2.24, 2.45) is 0 Å². The largest absolute Gasteiger partial charge is 0.244 e. The smallest absolute Gasteiger partial charge is 0.115 e. The van der Waals surface area contributed by atoms with Crippen LogP contribution in [0.2, 0.25) is 10.0 Å². The van der Waals surface area contributed by atoms with Crippen molar-refractivity contribution in [1.82, 2.24) is 9.97 Å². The van der Waals surface area contributed by atoms with Crippen molar-refractivity contribution >= 4 is 23.2 Å². The van der Waals surface area contributed by atoms with Crippen molar-refractivity contribution in [1.29, 1.82) is 0 Å². The van der Waals surface area contributed by atoms with E-state index in [-0.39, 0.29) is 0 Å². The molecule has 0 aliphatic rings. The van der Waals surface area contributed by atoms with Crippen LogP contribution in [-0.4, -0.2) is 9.97 Å². The van der Waals surface area contributed by atoms with Gasteiger partial charge in [0.05, 0.1) is 0 Å². The van der Waals surface area contributed by atoms with Gasteiger partial charge in [0.2, 0.25) is 0 Å². The lowest BCUT2D eigenvalue weighted by atomic mass is 10.1. The lowest BCUT2D eigenvalue weighted by molar-refractivity contribution is 1.11. The number of hydrogen-bond acceptors (Lipinski definition) is 2. The minimum Gasteiger partial charge on any atom is -0.244 e. The maximum Gasteiger partial charge on any atom is 0.115 e. The molecule has 0 aliphatic heterocycles. The molecule has 0 fully saturated rings. The van der Waals surface area contributed by atoms with E-state index in [1.54, 1.807) is 18.3 Å². The van der Waals surface area contributed by atoms with E-state index in [4.69, 9.17) is 23.2 Å². The molecule has 2 aromatic rings. The Bertz CT molecular complexity index is 498. The van der Waals surface area contributed by atoms with Crippen LogP contribution in [0.1, 0.15) is 5.69 Å². The minimum atomic E-state index is 0.611. The second kappa shape index (κ2) is 4.17. The van der Waals surface area contributed by atoms with Gasteiger partial charge in [-0.1, -0.05) is 29.3 Å². The van der Waals surface area contributed by atoms with Crippen molar-refractivity contribution in [3.63, 3.8) is 0 Å². The topological polar surface area (TPSA) is 25.8 Å². The number of aryl methyl sites for hydroxylation is 1. The van der Waals surface area contributed by atoms with E-state index < -0.39 is 0 Å². The number of halogens is 2. The SMILES string of the molecule is Cc1ncncc1-c1ccc(Cl)cc1Cl. The van der Waals surface area contributed by atoms with Gasteiger partial charge >= 0.3 is 0 Å². The first-order valence-electron chi connectivity index (χ1n) is 4.40. The van der Waals surface area contributed by atoms with Gasteiger partial charge in [-0.15, -0.1) is 0 Å². The highest BCUT2D eigenvalue weighted by Gasteiger charge is 2.07. The third-order valence-corrected chi connectivity index (χ3v) is 2.68. The van der Waals surface area contributed by atoms with E-state index in [0.717, 1.165) is 16.8 Å². The first-order valence-corrected chi connectivity index (χ1v) is 5.16. The summed E-state index contributed by atoms with van der Waals surface area (Å²) in [7, 11) is 0. The predicted octanol–water partition coefficient (Wildman–Crippen LogP) is 3.76. The molecule has 0 radical (unpaired) electrons. The molecule has 0 unspecified atom stereocenters. The van der Waals surface area contributed by atoms with Crippen LogP contribution in [0.25, 0.3) is 11.1 Å². The van der Waals surface area contributed by atoms with E-state index in [2.05, 4.69) is 9.97 Å². The van der Waals surface area contributed by atoms with Crippen LogP contribution < -0.4 is 0 Å². The molecule has 2 nitrogen and oxygen atoms in total. The predicted molar refractivity (Wildman–Crippen MR) is 62.2 cm³/mol. The van der Waals surface area contributed by atoms with Gasteiger partial charge in [0.15, 0.2) is 0 Å². The molecule has 15 heavy (non-hydrogen) atoms. The second-order valence-electron chi connectivity index (χ2n) is 3.15. The Kier molecular flexibility index (Phi) is 2.89. The van der Waals surface area contributed by atoms with Gasteiger partial charge in [-0.3, -0.25) is 0 Å². The highest BCUT2D eigenvalue weighted by molar-refractivity contribution is 6.36. The standard InChI is InChI=1S/C11H8Cl2N2/c1-7-10(5-14-6-15-7)9-3-2-8(12)4-11(9)13/h2-6H,1H3. The van der Waals surface area contributed by atoms with Crippen molar-refractivity contribution < 1.29 is 0 Å². The molecule has 0 amide bonds. The average Bonchev–Trinajstić information content (AvgIpc) is 2.20. The van der Waals surface area contributed by atoms with Gasteiger partial charge in [-0.25, -0.2) is 9.97 Å². The molecule has 2 rings (SSSR count). The van der Waals surface area contributed by atoms with E-state index >= 15 is 0 Å². The zero-order valence-corrected chi connectivity index (χ0v) is 9.55. The van der Waals surface area contributed by atoms with Gasteiger partial charge < -0.3 is 0 Å². The Balaban J connectivity index is 2.60. The number of hydrogen-bond donors (Lipinski definition) is 0. The Labute approximate surface area is 97.9 Å². The Morgan fingerprint density at radius 2 is 1.93 bits per heavy atom. The normalized spacial score (nSPS) is 10.3. The van der Waals surface area contributed by atoms with Gasteiger partial charge in [-0.2, -0.15) is 0 Å². The molecule has 76 valence electrons. The van der Waals surface area contributed by atoms with Crippen LogP contribution in [0.5, 0.6) is 0 Å². The number of aromatic nitrogens is 2. The summed E-state index contributed by atoms with van der Waals surface area (Å²) in [6, 6.07) is 5.39. The van der Waals surface area contributed by atoms with Crippen LogP contribution >= 0.6 is 23.2 Å². The average molecular weight is 239 g/mol. The minimum absolute atomic E-state index is 0.611. The highest BCUT2D eigenvalue weighted by atomic mass is 35.5. The zero-order chi connectivity index (χ0) is 10.8.